The molecular weight excluding hydrogens is 688 g/mol. The summed E-state index contributed by atoms with van der Waals surface area (Å²) in [6, 6.07) is 11.7. The summed E-state index contributed by atoms with van der Waals surface area (Å²) in [5, 5.41) is 3.10. The van der Waals surface area contributed by atoms with Gasteiger partial charge in [0.05, 0.1) is 34.7 Å². The van der Waals surface area contributed by atoms with Gasteiger partial charge in [0.15, 0.2) is 0 Å². The molecule has 51 heavy (non-hydrogen) atoms. The Labute approximate surface area is 306 Å². The minimum atomic E-state index is -3.00. The summed E-state index contributed by atoms with van der Waals surface area (Å²) in [5.41, 5.74) is 3.48. The number of anilines is 1. The van der Waals surface area contributed by atoms with Gasteiger partial charge in [0.1, 0.15) is 12.4 Å². The minimum Gasteiger partial charge on any atom is -0.490 e. The maximum absolute atomic E-state index is 13.9. The highest BCUT2D eigenvalue weighted by atomic mass is 35.5. The van der Waals surface area contributed by atoms with Crippen LogP contribution in [0.3, 0.4) is 0 Å². The van der Waals surface area contributed by atoms with Gasteiger partial charge >= 0.3 is 0 Å². The SMILES string of the molecule is C=S1(=O)NC(=O)c2ccc3c(c2)N(C[C@@H]2CC[C@H]2[C@@H](OCC(=O)N2CCNC(=O)C2)/C=C/C[C@H](C)[C@H]1C)C[C@@]1(CCCc2cc(Cl)ccc21)CO3. The third-order valence-corrected chi connectivity index (χ3v) is 14.4. The molecule has 274 valence electrons. The van der Waals surface area contributed by atoms with Crippen molar-refractivity contribution in [2.45, 2.75) is 69.1 Å². The molecular formula is C39H49ClN4O6S. The van der Waals surface area contributed by atoms with E-state index in [1.807, 2.05) is 32.0 Å². The number of nitrogens with one attached hydrogen (secondary N) is 2. The van der Waals surface area contributed by atoms with Gasteiger partial charge in [0.25, 0.3) is 5.91 Å². The van der Waals surface area contributed by atoms with Gasteiger partial charge in [-0.3, -0.25) is 19.1 Å². The van der Waals surface area contributed by atoms with Crippen LogP contribution in [0.1, 0.15) is 67.4 Å². The van der Waals surface area contributed by atoms with Gasteiger partial charge in [-0.05, 0) is 111 Å². The normalized spacial score (nSPS) is 33.0. The molecule has 2 fully saturated rings. The van der Waals surface area contributed by atoms with E-state index in [1.54, 1.807) is 11.0 Å². The van der Waals surface area contributed by atoms with Crippen molar-refractivity contribution in [1.29, 1.82) is 0 Å². The molecule has 1 spiro atoms. The number of aryl methyl sites for hydroxylation is 1. The Balaban J connectivity index is 1.24. The van der Waals surface area contributed by atoms with Crippen LogP contribution in [0.15, 0.2) is 48.6 Å². The van der Waals surface area contributed by atoms with Crippen LogP contribution >= 0.6 is 11.6 Å². The molecule has 0 aromatic heterocycles. The fraction of sp³-hybridized carbons (Fsp3) is 0.538. The van der Waals surface area contributed by atoms with Crippen LogP contribution in [0.2, 0.25) is 5.02 Å². The summed E-state index contributed by atoms with van der Waals surface area (Å²) >= 11 is 6.46. The van der Waals surface area contributed by atoms with E-state index in [0.717, 1.165) is 42.8 Å². The molecule has 2 aromatic rings. The number of allylic oxidation sites excluding steroid dienone is 1. The average molecular weight is 737 g/mol. The first-order chi connectivity index (χ1) is 24.4. The van der Waals surface area contributed by atoms with Crippen molar-refractivity contribution in [3.63, 3.8) is 0 Å². The van der Waals surface area contributed by atoms with Crippen molar-refractivity contribution < 1.29 is 28.1 Å². The van der Waals surface area contributed by atoms with Gasteiger partial charge < -0.3 is 24.6 Å². The number of rotatable bonds is 3. The molecule has 2 aliphatic carbocycles. The molecule has 10 nitrogen and oxygen atoms in total. The number of hydrogen-bond acceptors (Lipinski definition) is 7. The second-order valence-corrected chi connectivity index (χ2v) is 18.1. The van der Waals surface area contributed by atoms with Crippen molar-refractivity contribution in [2.24, 2.45) is 17.8 Å². The van der Waals surface area contributed by atoms with E-state index < -0.39 is 20.9 Å². The topological polar surface area (TPSA) is 117 Å². The van der Waals surface area contributed by atoms with E-state index in [2.05, 4.69) is 45.1 Å². The molecule has 2 bridgehead atoms. The zero-order valence-electron chi connectivity index (χ0n) is 29.5. The van der Waals surface area contributed by atoms with E-state index in [1.165, 1.54) is 11.1 Å². The first-order valence-corrected chi connectivity index (χ1v) is 20.4. The van der Waals surface area contributed by atoms with Crippen LogP contribution in [-0.4, -0.2) is 90.0 Å². The number of halogens is 1. The molecule has 5 aliphatic rings. The second kappa shape index (κ2) is 14.5. The molecule has 3 aliphatic heterocycles. The highest BCUT2D eigenvalue weighted by Gasteiger charge is 2.45. The second-order valence-electron chi connectivity index (χ2n) is 15.2. The molecule has 1 saturated heterocycles. The summed E-state index contributed by atoms with van der Waals surface area (Å²) in [5.74, 6) is 4.29. The molecule has 1 saturated carbocycles. The number of hydrogen-bond donors (Lipinski definition) is 2. The Morgan fingerprint density at radius 2 is 2.02 bits per heavy atom. The van der Waals surface area contributed by atoms with E-state index in [9.17, 15) is 18.6 Å². The zero-order valence-corrected chi connectivity index (χ0v) is 31.1. The number of benzene rings is 2. The van der Waals surface area contributed by atoms with E-state index in [0.29, 0.717) is 50.5 Å². The molecule has 2 aromatic carbocycles. The molecule has 12 heteroatoms. The van der Waals surface area contributed by atoms with Crippen LogP contribution in [-0.2, 0) is 35.9 Å². The van der Waals surface area contributed by atoms with Gasteiger partial charge in [0, 0.05) is 47.4 Å². The number of fused-ring (bicyclic) bond motifs is 4. The first-order valence-electron chi connectivity index (χ1n) is 18.2. The molecule has 0 radical (unpaired) electrons. The Morgan fingerprint density at radius 3 is 2.80 bits per heavy atom. The maximum Gasteiger partial charge on any atom is 0.262 e. The summed E-state index contributed by atoms with van der Waals surface area (Å²) in [4.78, 5) is 42.8. The largest absolute Gasteiger partial charge is 0.490 e. The zero-order chi connectivity index (χ0) is 35.9. The fourth-order valence-corrected chi connectivity index (χ4v) is 10.2. The van der Waals surface area contributed by atoms with E-state index in [-0.39, 0.29) is 54.2 Å². The highest BCUT2D eigenvalue weighted by Crippen LogP contribution is 2.47. The van der Waals surface area contributed by atoms with Crippen molar-refractivity contribution in [3.8, 4) is 5.75 Å². The van der Waals surface area contributed by atoms with Gasteiger partial charge in [-0.2, -0.15) is 0 Å². The number of nitrogens with zero attached hydrogens (tertiary/aromatic N) is 2. The van der Waals surface area contributed by atoms with Crippen LogP contribution in [0, 0.1) is 17.8 Å². The van der Waals surface area contributed by atoms with Crippen LogP contribution < -0.4 is 19.7 Å². The summed E-state index contributed by atoms with van der Waals surface area (Å²) < 4.78 is 29.7. The monoisotopic (exact) mass is 736 g/mol. The lowest BCUT2D eigenvalue weighted by atomic mass is 9.68. The number of amides is 3. The van der Waals surface area contributed by atoms with Gasteiger partial charge in [0.2, 0.25) is 11.8 Å². The third-order valence-electron chi connectivity index (χ3n) is 11.9. The van der Waals surface area contributed by atoms with E-state index >= 15 is 0 Å². The molecule has 2 N–H and O–H groups in total. The number of ether oxygens (including phenoxy) is 2. The van der Waals surface area contributed by atoms with Crippen LogP contribution in [0.4, 0.5) is 5.69 Å². The molecule has 1 unspecified atom stereocenters. The smallest absolute Gasteiger partial charge is 0.262 e. The van der Waals surface area contributed by atoms with Crippen LogP contribution in [0.25, 0.3) is 0 Å². The highest BCUT2D eigenvalue weighted by molar-refractivity contribution is 7.99. The Morgan fingerprint density at radius 1 is 1.18 bits per heavy atom. The standard InChI is InChI=1S/C39H49ClN4O6S/c1-25-6-4-8-34(49-22-37(46)43-17-16-41-36(45)21-43)31-12-9-29(31)20-44-23-39(15-5-7-27-18-30(40)11-13-32(27)39)24-50-35-14-10-28(19-33(35)44)38(47)42-51(3,48)26(25)2/h4,8,10-11,13-14,18-19,25-26,29,31,34H,3,5-7,9,12,15-17,20-24H2,1-2H3,(H,41,45)(H,42,47,48)/b8-4+/t25-,26+,29-,31+,34-,39-,51?/m0/s1. The lowest BCUT2D eigenvalue weighted by Crippen LogP contribution is -2.52. The van der Waals surface area contributed by atoms with Crippen molar-refractivity contribution >= 4 is 50.6 Å². The molecule has 3 amide bonds. The quantitative estimate of drug-likeness (QED) is 0.352. The Kier molecular flexibility index (Phi) is 10.2. The Hall–Kier alpha value is -3.54. The first kappa shape index (κ1) is 35.8. The summed E-state index contributed by atoms with van der Waals surface area (Å²) in [7, 11) is -3.00. The molecule has 7 atom stereocenters. The van der Waals surface area contributed by atoms with Gasteiger partial charge in [-0.15, -0.1) is 0 Å². The minimum absolute atomic E-state index is 0.0422. The number of carbonyl (C=O) groups excluding carboxylic acids is 3. The van der Waals surface area contributed by atoms with E-state index in [4.69, 9.17) is 21.1 Å². The predicted octanol–water partition coefficient (Wildman–Crippen LogP) is 4.53. The lowest BCUT2D eigenvalue weighted by Gasteiger charge is -2.46. The summed E-state index contributed by atoms with van der Waals surface area (Å²) in [6.45, 7) is 6.61. The van der Waals surface area contributed by atoms with Crippen molar-refractivity contribution in [1.82, 2.24) is 14.9 Å². The third kappa shape index (κ3) is 7.39. The fourth-order valence-electron chi connectivity index (χ4n) is 8.53. The Bertz CT molecular complexity index is 1830. The van der Waals surface area contributed by atoms with Crippen molar-refractivity contribution in [3.05, 3.63) is 70.3 Å². The molecule has 3 heterocycles. The maximum atomic E-state index is 13.9. The van der Waals surface area contributed by atoms with Crippen molar-refractivity contribution in [2.75, 3.05) is 50.8 Å². The predicted molar refractivity (Wildman–Crippen MR) is 201 cm³/mol. The van der Waals surface area contributed by atoms with Crippen LogP contribution in [0.5, 0.6) is 5.75 Å². The lowest BCUT2D eigenvalue weighted by molar-refractivity contribution is -0.144. The summed E-state index contributed by atoms with van der Waals surface area (Å²) in [6.07, 6.45) is 9.30. The number of carbonyl (C=O) groups is 3. The molecule has 7 rings (SSSR count). The van der Waals surface area contributed by atoms with Gasteiger partial charge in [-0.25, -0.2) is 4.21 Å². The van der Waals surface area contributed by atoms with Gasteiger partial charge in [-0.1, -0.05) is 36.7 Å². The average Bonchev–Trinajstić information content (AvgIpc) is 3.24. The number of piperazine rings is 1.